The highest BCUT2D eigenvalue weighted by molar-refractivity contribution is 5.75. The van der Waals surface area contributed by atoms with Gasteiger partial charge in [-0.1, -0.05) is 6.92 Å². The molecule has 0 unspecified atom stereocenters. The number of ether oxygens (including phenoxy) is 2. The zero-order chi connectivity index (χ0) is 19.3. The van der Waals surface area contributed by atoms with E-state index < -0.39 is 30.1 Å². The average Bonchev–Trinajstić information content (AvgIpc) is 2.46. The Labute approximate surface area is 147 Å². The molecular weight excluding hydrogens is 340 g/mol. The molecule has 0 N–H and O–H groups in total. The first-order chi connectivity index (χ1) is 11.3. The average molecular weight is 370 g/mol. The molecule has 0 radical (unpaired) electrons. The monoisotopic (exact) mass is 370 g/mol. The van der Waals surface area contributed by atoms with E-state index in [9.17, 15) is 22.4 Å². The Balaban J connectivity index is 2.28. The number of hydrogen-bond acceptors (Lipinski definition) is 3. The predicted molar refractivity (Wildman–Crippen MR) is 87.0 cm³/mol. The van der Waals surface area contributed by atoms with Gasteiger partial charge >= 0.3 is 5.97 Å². The fourth-order valence-electron chi connectivity index (χ4n) is 2.69. The van der Waals surface area contributed by atoms with Crippen molar-refractivity contribution in [3.63, 3.8) is 0 Å². The maximum atomic E-state index is 13.4. The maximum Gasteiger partial charge on any atom is 0.311 e. The second kappa shape index (κ2) is 8.69. The summed E-state index contributed by atoms with van der Waals surface area (Å²) in [6.45, 7) is 5.84. The fourth-order valence-corrected chi connectivity index (χ4v) is 2.69. The second-order valence-electron chi connectivity index (χ2n) is 7.77. The fraction of sp³-hybridized carbons (Fsp3) is 0.944. The highest BCUT2D eigenvalue weighted by Gasteiger charge is 2.39. The van der Waals surface area contributed by atoms with Crippen LogP contribution in [0.3, 0.4) is 0 Å². The number of carbonyl (C=O) groups is 1. The van der Waals surface area contributed by atoms with Crippen molar-refractivity contribution < 1.29 is 31.8 Å². The van der Waals surface area contributed by atoms with Gasteiger partial charge in [0.15, 0.2) is 0 Å². The molecule has 0 saturated heterocycles. The summed E-state index contributed by atoms with van der Waals surface area (Å²) < 4.78 is 63.1. The van der Waals surface area contributed by atoms with Gasteiger partial charge in [-0.3, -0.25) is 4.79 Å². The van der Waals surface area contributed by atoms with E-state index in [-0.39, 0.29) is 24.8 Å². The first-order valence-electron chi connectivity index (χ1n) is 8.93. The molecule has 0 spiro atoms. The summed E-state index contributed by atoms with van der Waals surface area (Å²) in [5.74, 6) is -7.05. The molecule has 1 aliphatic rings. The van der Waals surface area contributed by atoms with E-state index in [0.717, 1.165) is 0 Å². The lowest BCUT2D eigenvalue weighted by Gasteiger charge is -2.31. The van der Waals surface area contributed by atoms with Gasteiger partial charge in [0.1, 0.15) is 6.10 Å². The number of carbonyl (C=O) groups excluding carboxylic acids is 1. The van der Waals surface area contributed by atoms with E-state index in [2.05, 4.69) is 0 Å². The lowest BCUT2D eigenvalue weighted by Crippen LogP contribution is -2.34. The van der Waals surface area contributed by atoms with Crippen molar-refractivity contribution >= 4 is 5.97 Å². The molecule has 7 heteroatoms. The van der Waals surface area contributed by atoms with Crippen molar-refractivity contribution in [3.05, 3.63) is 0 Å². The van der Waals surface area contributed by atoms with Gasteiger partial charge in [0.2, 0.25) is 0 Å². The van der Waals surface area contributed by atoms with Gasteiger partial charge in [-0.05, 0) is 52.9 Å². The van der Waals surface area contributed by atoms with E-state index in [1.807, 2.05) is 20.8 Å². The minimum atomic E-state index is -3.43. The van der Waals surface area contributed by atoms with Gasteiger partial charge in [-0.25, -0.2) is 17.6 Å². The lowest BCUT2D eigenvalue weighted by atomic mass is 9.90. The van der Waals surface area contributed by atoms with Crippen LogP contribution >= 0.6 is 0 Å². The lowest BCUT2D eigenvalue weighted by molar-refractivity contribution is -0.163. The molecule has 1 fully saturated rings. The molecule has 3 nitrogen and oxygen atoms in total. The van der Waals surface area contributed by atoms with Gasteiger partial charge in [-0.15, -0.1) is 0 Å². The topological polar surface area (TPSA) is 35.5 Å². The Morgan fingerprint density at radius 3 is 2.00 bits per heavy atom. The highest BCUT2D eigenvalue weighted by atomic mass is 19.3. The summed E-state index contributed by atoms with van der Waals surface area (Å²) in [7, 11) is 0. The highest BCUT2D eigenvalue weighted by Crippen LogP contribution is 2.33. The Kier molecular flexibility index (Phi) is 7.71. The molecule has 148 valence electrons. The van der Waals surface area contributed by atoms with Gasteiger partial charge in [0, 0.05) is 6.42 Å². The standard InChI is InChI=1S/C18H30F4O3/c1-5-16(2,3)15(23)25-14-8-6-13(7-9-14)24-11-10-18(21,22)12-17(4,19)20/h13-14H,5-12H2,1-4H3. The van der Waals surface area contributed by atoms with Crippen molar-refractivity contribution in [2.45, 2.75) is 96.7 Å². The van der Waals surface area contributed by atoms with Crippen LogP contribution in [-0.4, -0.2) is 36.6 Å². The van der Waals surface area contributed by atoms with Crippen LogP contribution in [0.5, 0.6) is 0 Å². The number of esters is 1. The zero-order valence-corrected chi connectivity index (χ0v) is 15.5. The largest absolute Gasteiger partial charge is 0.462 e. The Bertz CT molecular complexity index is 425. The summed E-state index contributed by atoms with van der Waals surface area (Å²) in [5, 5.41) is 0. The summed E-state index contributed by atoms with van der Waals surface area (Å²) >= 11 is 0. The van der Waals surface area contributed by atoms with Crippen LogP contribution < -0.4 is 0 Å². The van der Waals surface area contributed by atoms with Gasteiger partial charge in [0.25, 0.3) is 11.8 Å². The van der Waals surface area contributed by atoms with Crippen LogP contribution in [0.25, 0.3) is 0 Å². The van der Waals surface area contributed by atoms with Crippen molar-refractivity contribution in [3.8, 4) is 0 Å². The third-order valence-corrected chi connectivity index (χ3v) is 4.72. The van der Waals surface area contributed by atoms with Crippen LogP contribution in [0.15, 0.2) is 0 Å². The molecule has 1 aliphatic carbocycles. The van der Waals surface area contributed by atoms with Gasteiger partial charge in [-0.2, -0.15) is 0 Å². The molecule has 0 amide bonds. The summed E-state index contributed by atoms with van der Waals surface area (Å²) in [5.41, 5.74) is -0.514. The van der Waals surface area contributed by atoms with E-state index in [1.165, 1.54) is 0 Å². The minimum absolute atomic E-state index is 0.168. The first kappa shape index (κ1) is 22.2. The van der Waals surface area contributed by atoms with Crippen LogP contribution in [0.4, 0.5) is 17.6 Å². The summed E-state index contributed by atoms with van der Waals surface area (Å²) in [4.78, 5) is 12.0. The number of hydrogen-bond donors (Lipinski definition) is 0. The normalized spacial score (nSPS) is 22.7. The van der Waals surface area contributed by atoms with Crippen LogP contribution in [0, 0.1) is 5.41 Å². The number of rotatable bonds is 9. The third kappa shape index (κ3) is 8.38. The van der Waals surface area contributed by atoms with Crippen molar-refractivity contribution in [2.75, 3.05) is 6.61 Å². The number of alkyl halides is 4. The Morgan fingerprint density at radius 1 is 1.00 bits per heavy atom. The zero-order valence-electron chi connectivity index (χ0n) is 15.5. The second-order valence-corrected chi connectivity index (χ2v) is 7.77. The molecule has 1 rings (SSSR count). The van der Waals surface area contributed by atoms with Crippen LogP contribution in [-0.2, 0) is 14.3 Å². The Hall–Kier alpha value is -0.850. The molecule has 0 bridgehead atoms. The van der Waals surface area contributed by atoms with Gasteiger partial charge < -0.3 is 9.47 Å². The molecule has 0 aromatic heterocycles. The predicted octanol–water partition coefficient (Wildman–Crippen LogP) is 5.36. The van der Waals surface area contributed by atoms with Gasteiger partial charge in [0.05, 0.1) is 24.5 Å². The molecule has 0 heterocycles. The maximum absolute atomic E-state index is 13.4. The van der Waals surface area contributed by atoms with E-state index in [4.69, 9.17) is 9.47 Å². The number of halogens is 4. The molecule has 0 aliphatic heterocycles. The summed E-state index contributed by atoms with van der Waals surface area (Å²) in [6, 6.07) is 0. The van der Waals surface area contributed by atoms with Crippen LogP contribution in [0.2, 0.25) is 0 Å². The van der Waals surface area contributed by atoms with Crippen LogP contribution in [0.1, 0.15) is 72.6 Å². The van der Waals surface area contributed by atoms with E-state index in [1.54, 1.807) is 0 Å². The molecule has 25 heavy (non-hydrogen) atoms. The third-order valence-electron chi connectivity index (χ3n) is 4.72. The summed E-state index contributed by atoms with van der Waals surface area (Å²) in [6.07, 6.45) is 0.634. The van der Waals surface area contributed by atoms with E-state index >= 15 is 0 Å². The first-order valence-corrected chi connectivity index (χ1v) is 8.93. The van der Waals surface area contributed by atoms with Crippen molar-refractivity contribution in [1.82, 2.24) is 0 Å². The SMILES string of the molecule is CCC(C)(C)C(=O)OC1CCC(OCCC(F)(F)CC(C)(F)F)CC1. The minimum Gasteiger partial charge on any atom is -0.462 e. The van der Waals surface area contributed by atoms with Crippen molar-refractivity contribution in [2.24, 2.45) is 5.41 Å². The molecule has 0 atom stereocenters. The molecule has 0 aromatic carbocycles. The molecule has 0 aromatic rings. The van der Waals surface area contributed by atoms with Crippen molar-refractivity contribution in [1.29, 1.82) is 0 Å². The Morgan fingerprint density at radius 2 is 1.52 bits per heavy atom. The quantitative estimate of drug-likeness (QED) is 0.405. The molecular formula is C18H30F4O3. The molecule has 1 saturated carbocycles. The smallest absolute Gasteiger partial charge is 0.311 e. The van der Waals surface area contributed by atoms with E-state index in [0.29, 0.717) is 39.0 Å².